The molecular weight excluding hydrogens is 190 g/mol. The molecule has 0 saturated carbocycles. The van der Waals surface area contributed by atoms with Gasteiger partial charge in [0.25, 0.3) is 5.69 Å². The molecular formula is C7H5N3O2S. The SMILES string of the molecule is O=[N+]([O-])c1cc2[nH]ncc2cc1S. The van der Waals surface area contributed by atoms with Crippen LogP contribution in [-0.4, -0.2) is 15.1 Å². The quantitative estimate of drug-likeness (QED) is 0.413. The Kier molecular flexibility index (Phi) is 1.70. The van der Waals surface area contributed by atoms with Crippen LogP contribution in [0.5, 0.6) is 0 Å². The monoisotopic (exact) mass is 195 g/mol. The van der Waals surface area contributed by atoms with Crippen LogP contribution in [0.1, 0.15) is 0 Å². The normalized spacial score (nSPS) is 10.5. The van der Waals surface area contributed by atoms with E-state index in [1.165, 1.54) is 6.07 Å². The summed E-state index contributed by atoms with van der Waals surface area (Å²) in [6.07, 6.45) is 1.60. The molecule has 0 atom stereocenters. The van der Waals surface area contributed by atoms with E-state index >= 15 is 0 Å². The molecule has 0 bridgehead atoms. The van der Waals surface area contributed by atoms with Crippen molar-refractivity contribution in [3.8, 4) is 0 Å². The van der Waals surface area contributed by atoms with Crippen LogP contribution in [0, 0.1) is 10.1 Å². The van der Waals surface area contributed by atoms with Crippen molar-refractivity contribution in [3.63, 3.8) is 0 Å². The molecule has 0 radical (unpaired) electrons. The van der Waals surface area contributed by atoms with Gasteiger partial charge in [0.1, 0.15) is 0 Å². The summed E-state index contributed by atoms with van der Waals surface area (Å²) in [4.78, 5) is 10.4. The molecule has 5 nitrogen and oxygen atoms in total. The number of nitrogens with one attached hydrogen (secondary N) is 1. The molecule has 6 heteroatoms. The van der Waals surface area contributed by atoms with E-state index in [9.17, 15) is 10.1 Å². The van der Waals surface area contributed by atoms with Crippen LogP contribution in [0.4, 0.5) is 5.69 Å². The lowest BCUT2D eigenvalue weighted by Crippen LogP contribution is -1.89. The molecule has 0 spiro atoms. The molecule has 0 amide bonds. The van der Waals surface area contributed by atoms with Gasteiger partial charge in [-0.1, -0.05) is 0 Å². The highest BCUT2D eigenvalue weighted by Gasteiger charge is 2.12. The van der Waals surface area contributed by atoms with E-state index in [2.05, 4.69) is 22.8 Å². The number of nitro groups is 1. The van der Waals surface area contributed by atoms with Crippen molar-refractivity contribution in [1.82, 2.24) is 10.2 Å². The Morgan fingerprint density at radius 3 is 3.00 bits per heavy atom. The lowest BCUT2D eigenvalue weighted by atomic mass is 10.2. The number of aromatic amines is 1. The van der Waals surface area contributed by atoms with Crippen molar-refractivity contribution < 1.29 is 4.92 Å². The largest absolute Gasteiger partial charge is 0.284 e. The van der Waals surface area contributed by atoms with Crippen molar-refractivity contribution in [2.24, 2.45) is 0 Å². The topological polar surface area (TPSA) is 71.8 Å². The van der Waals surface area contributed by atoms with Gasteiger partial charge in [0.2, 0.25) is 0 Å². The Morgan fingerprint density at radius 1 is 1.54 bits per heavy atom. The first-order valence-electron chi connectivity index (χ1n) is 3.49. The highest BCUT2D eigenvalue weighted by atomic mass is 32.1. The number of hydrogen-bond donors (Lipinski definition) is 2. The Hall–Kier alpha value is -1.56. The van der Waals surface area contributed by atoms with Crippen molar-refractivity contribution in [2.45, 2.75) is 4.90 Å². The average molecular weight is 195 g/mol. The summed E-state index contributed by atoms with van der Waals surface area (Å²) in [5.41, 5.74) is 0.629. The van der Waals surface area contributed by atoms with Gasteiger partial charge in [-0.15, -0.1) is 12.6 Å². The van der Waals surface area contributed by atoms with Crippen LogP contribution in [0.2, 0.25) is 0 Å². The number of benzene rings is 1. The number of hydrogen-bond acceptors (Lipinski definition) is 4. The highest BCUT2D eigenvalue weighted by Crippen LogP contribution is 2.26. The highest BCUT2D eigenvalue weighted by molar-refractivity contribution is 7.80. The molecule has 66 valence electrons. The molecule has 2 aromatic rings. The van der Waals surface area contributed by atoms with Gasteiger partial charge in [0, 0.05) is 11.5 Å². The standard InChI is InChI=1S/C7H5N3O2S/c11-10(12)6-2-5-4(1-7(6)13)3-8-9-5/h1-3,13H,(H,8,9). The summed E-state index contributed by atoms with van der Waals surface area (Å²) >= 11 is 4.00. The minimum Gasteiger partial charge on any atom is -0.278 e. The zero-order chi connectivity index (χ0) is 9.42. The van der Waals surface area contributed by atoms with E-state index in [0.29, 0.717) is 10.4 Å². The van der Waals surface area contributed by atoms with Gasteiger partial charge in [-0.05, 0) is 6.07 Å². The minimum atomic E-state index is -0.470. The van der Waals surface area contributed by atoms with E-state index in [4.69, 9.17) is 0 Å². The molecule has 1 heterocycles. The fraction of sp³-hybridized carbons (Fsp3) is 0. The van der Waals surface area contributed by atoms with Crippen LogP contribution in [0.15, 0.2) is 23.2 Å². The van der Waals surface area contributed by atoms with Gasteiger partial charge in [-0.3, -0.25) is 15.2 Å². The van der Waals surface area contributed by atoms with Gasteiger partial charge in [0.05, 0.1) is 21.5 Å². The maximum absolute atomic E-state index is 10.5. The predicted molar refractivity (Wildman–Crippen MR) is 50.0 cm³/mol. The summed E-state index contributed by atoms with van der Waals surface area (Å²) in [6, 6.07) is 3.03. The second-order valence-electron chi connectivity index (χ2n) is 2.56. The van der Waals surface area contributed by atoms with Gasteiger partial charge in [-0.2, -0.15) is 5.10 Å². The molecule has 1 aromatic heterocycles. The molecule has 0 aliphatic carbocycles. The number of nitro benzene ring substituents is 1. The molecule has 1 aromatic carbocycles. The Balaban J connectivity index is 2.76. The minimum absolute atomic E-state index is 0.0138. The average Bonchev–Trinajstić information content (AvgIpc) is 2.48. The fourth-order valence-corrected chi connectivity index (χ4v) is 1.40. The zero-order valence-electron chi connectivity index (χ0n) is 6.39. The number of nitrogens with zero attached hydrogens (tertiary/aromatic N) is 2. The van der Waals surface area contributed by atoms with Crippen LogP contribution >= 0.6 is 12.6 Å². The van der Waals surface area contributed by atoms with Gasteiger partial charge in [-0.25, -0.2) is 0 Å². The van der Waals surface area contributed by atoms with E-state index in [-0.39, 0.29) is 5.69 Å². The molecule has 0 fully saturated rings. The summed E-state index contributed by atoms with van der Waals surface area (Å²) < 4.78 is 0. The van der Waals surface area contributed by atoms with E-state index < -0.39 is 4.92 Å². The second kappa shape index (κ2) is 2.74. The third-order valence-electron chi connectivity index (χ3n) is 1.73. The smallest absolute Gasteiger partial charge is 0.278 e. The van der Waals surface area contributed by atoms with Crippen LogP contribution < -0.4 is 0 Å². The van der Waals surface area contributed by atoms with Gasteiger partial charge >= 0.3 is 0 Å². The molecule has 0 unspecified atom stereocenters. The van der Waals surface area contributed by atoms with Gasteiger partial charge in [0.15, 0.2) is 0 Å². The van der Waals surface area contributed by atoms with E-state index in [1.807, 2.05) is 0 Å². The predicted octanol–water partition coefficient (Wildman–Crippen LogP) is 1.76. The maximum Gasteiger partial charge on any atom is 0.284 e. The Bertz CT molecular complexity index is 480. The summed E-state index contributed by atoms with van der Waals surface area (Å²) in [5.74, 6) is 0. The second-order valence-corrected chi connectivity index (χ2v) is 3.04. The van der Waals surface area contributed by atoms with Crippen molar-refractivity contribution in [1.29, 1.82) is 0 Å². The number of aromatic nitrogens is 2. The first-order valence-corrected chi connectivity index (χ1v) is 3.93. The number of H-pyrrole nitrogens is 1. The molecule has 13 heavy (non-hydrogen) atoms. The molecule has 1 N–H and O–H groups in total. The first-order chi connectivity index (χ1) is 6.18. The van der Waals surface area contributed by atoms with E-state index in [1.54, 1.807) is 12.3 Å². The Morgan fingerprint density at radius 2 is 2.31 bits per heavy atom. The number of fused-ring (bicyclic) bond motifs is 1. The third kappa shape index (κ3) is 1.25. The van der Waals surface area contributed by atoms with Crippen molar-refractivity contribution >= 4 is 29.2 Å². The molecule has 2 rings (SSSR count). The molecule has 0 aliphatic rings. The summed E-state index contributed by atoms with van der Waals surface area (Å²) in [6.45, 7) is 0. The van der Waals surface area contributed by atoms with Crippen LogP contribution in [-0.2, 0) is 0 Å². The third-order valence-corrected chi connectivity index (χ3v) is 2.09. The fourth-order valence-electron chi connectivity index (χ4n) is 1.11. The summed E-state index contributed by atoms with van der Waals surface area (Å²) in [7, 11) is 0. The van der Waals surface area contributed by atoms with Crippen LogP contribution in [0.3, 0.4) is 0 Å². The number of thiol groups is 1. The molecule has 0 aliphatic heterocycles. The van der Waals surface area contributed by atoms with E-state index in [0.717, 1.165) is 5.39 Å². The molecule has 0 saturated heterocycles. The van der Waals surface area contributed by atoms with Crippen LogP contribution in [0.25, 0.3) is 10.9 Å². The lowest BCUT2D eigenvalue weighted by Gasteiger charge is -1.95. The Labute approximate surface area is 78.3 Å². The lowest BCUT2D eigenvalue weighted by molar-refractivity contribution is -0.387. The zero-order valence-corrected chi connectivity index (χ0v) is 7.28. The van der Waals surface area contributed by atoms with Gasteiger partial charge < -0.3 is 0 Å². The first kappa shape index (κ1) is 8.06. The van der Waals surface area contributed by atoms with Crippen molar-refractivity contribution in [2.75, 3.05) is 0 Å². The van der Waals surface area contributed by atoms with Crippen molar-refractivity contribution in [3.05, 3.63) is 28.4 Å². The maximum atomic E-state index is 10.5. The summed E-state index contributed by atoms with van der Waals surface area (Å²) in [5, 5.41) is 17.7. The number of rotatable bonds is 1.